The molecule has 6 heteroatoms. The van der Waals surface area contributed by atoms with E-state index in [1.54, 1.807) is 37.4 Å². The zero-order valence-electron chi connectivity index (χ0n) is 13.7. The number of anilines is 1. The molecular weight excluding hydrogens is 306 g/mol. The molecule has 0 aliphatic rings. The number of fused-ring (bicyclic) bond motifs is 1. The zero-order chi connectivity index (χ0) is 17.4. The maximum atomic E-state index is 12.3. The number of aromatic nitrogens is 2. The molecule has 1 amide bonds. The number of amides is 1. The fourth-order valence-electron chi connectivity index (χ4n) is 2.57. The summed E-state index contributed by atoms with van der Waals surface area (Å²) in [7, 11) is 3.09. The van der Waals surface area contributed by atoms with Gasteiger partial charge in [0.25, 0.3) is 5.91 Å². The maximum Gasteiger partial charge on any atom is 0.316 e. The number of aryl methyl sites for hydroxylation is 3. The van der Waals surface area contributed by atoms with Gasteiger partial charge in [-0.05, 0) is 37.3 Å². The molecule has 1 aromatic heterocycles. The molecule has 0 radical (unpaired) electrons. The number of nitrogens with zero attached hydrogens (tertiary/aromatic N) is 2. The molecule has 0 unspecified atom stereocenters. The topological polar surface area (TPSA) is 73.1 Å². The summed E-state index contributed by atoms with van der Waals surface area (Å²) < 4.78 is 2.60. The largest absolute Gasteiger partial charge is 0.322 e. The summed E-state index contributed by atoms with van der Waals surface area (Å²) in [6.07, 6.45) is 0. The van der Waals surface area contributed by atoms with Crippen molar-refractivity contribution in [2.75, 3.05) is 5.32 Å². The lowest BCUT2D eigenvalue weighted by atomic mass is 10.1. The third-order valence-corrected chi connectivity index (χ3v) is 4.06. The number of carbonyl (C=O) groups excluding carboxylic acids is 1. The van der Waals surface area contributed by atoms with Crippen LogP contribution < -0.4 is 16.4 Å². The quantitative estimate of drug-likeness (QED) is 0.731. The van der Waals surface area contributed by atoms with E-state index in [2.05, 4.69) is 5.32 Å². The van der Waals surface area contributed by atoms with E-state index in [0.29, 0.717) is 22.3 Å². The molecule has 3 aromatic rings. The maximum absolute atomic E-state index is 12.3. The van der Waals surface area contributed by atoms with Crippen molar-refractivity contribution in [2.24, 2.45) is 14.1 Å². The van der Waals surface area contributed by atoms with Gasteiger partial charge in [0.1, 0.15) is 0 Å². The molecule has 0 spiro atoms. The van der Waals surface area contributed by atoms with Gasteiger partial charge in [0, 0.05) is 25.3 Å². The second-order valence-electron chi connectivity index (χ2n) is 5.75. The summed E-state index contributed by atoms with van der Waals surface area (Å²) in [5.41, 5.74) is 2.19. The van der Waals surface area contributed by atoms with E-state index >= 15 is 0 Å². The lowest BCUT2D eigenvalue weighted by Gasteiger charge is -2.11. The van der Waals surface area contributed by atoms with Crippen molar-refractivity contribution >= 4 is 22.6 Å². The van der Waals surface area contributed by atoms with Crippen molar-refractivity contribution in [3.05, 3.63) is 74.3 Å². The minimum absolute atomic E-state index is 0.232. The molecular formula is C18H17N3O3. The van der Waals surface area contributed by atoms with E-state index in [4.69, 9.17) is 0 Å². The molecule has 0 saturated heterocycles. The zero-order valence-corrected chi connectivity index (χ0v) is 13.7. The second kappa shape index (κ2) is 5.81. The van der Waals surface area contributed by atoms with Crippen molar-refractivity contribution in [2.45, 2.75) is 6.92 Å². The van der Waals surface area contributed by atoms with Crippen LogP contribution in [0.25, 0.3) is 11.0 Å². The van der Waals surface area contributed by atoms with Gasteiger partial charge in [-0.15, -0.1) is 0 Å². The Morgan fingerprint density at radius 3 is 2.08 bits per heavy atom. The Bertz CT molecular complexity index is 1060. The monoisotopic (exact) mass is 323 g/mol. The van der Waals surface area contributed by atoms with Crippen molar-refractivity contribution in [1.29, 1.82) is 0 Å². The molecule has 122 valence electrons. The van der Waals surface area contributed by atoms with Crippen molar-refractivity contribution in [3.8, 4) is 0 Å². The van der Waals surface area contributed by atoms with Gasteiger partial charge in [-0.25, -0.2) is 0 Å². The SMILES string of the molecule is Cc1ccc(C(=O)Nc2ccc3c(c2)n(C)c(=O)c(=O)n3C)cc1. The first-order chi connectivity index (χ1) is 11.4. The lowest BCUT2D eigenvalue weighted by Crippen LogP contribution is -2.39. The molecule has 0 aliphatic carbocycles. The predicted octanol–water partition coefficient (Wildman–Crippen LogP) is 1.80. The summed E-state index contributed by atoms with van der Waals surface area (Å²) in [6, 6.07) is 12.3. The standard InChI is InChI=1S/C18H17N3O3/c1-11-4-6-12(7-5-11)16(22)19-13-8-9-14-15(10-13)21(3)18(24)17(23)20(14)2/h4-10H,1-3H3,(H,19,22). The number of hydrogen-bond donors (Lipinski definition) is 1. The summed E-state index contributed by atoms with van der Waals surface area (Å²) in [6.45, 7) is 1.95. The first-order valence-corrected chi connectivity index (χ1v) is 7.46. The molecule has 0 aliphatic heterocycles. The summed E-state index contributed by atoms with van der Waals surface area (Å²) >= 11 is 0. The summed E-state index contributed by atoms with van der Waals surface area (Å²) in [5.74, 6) is -0.232. The van der Waals surface area contributed by atoms with Crippen molar-refractivity contribution < 1.29 is 4.79 Å². The van der Waals surface area contributed by atoms with Crippen molar-refractivity contribution in [3.63, 3.8) is 0 Å². The number of nitrogens with one attached hydrogen (secondary N) is 1. The van der Waals surface area contributed by atoms with Crippen LogP contribution in [0.2, 0.25) is 0 Å². The van der Waals surface area contributed by atoms with Crippen LogP contribution in [0.15, 0.2) is 52.1 Å². The van der Waals surface area contributed by atoms with Gasteiger partial charge >= 0.3 is 11.1 Å². The van der Waals surface area contributed by atoms with E-state index in [-0.39, 0.29) is 5.91 Å². The Labute approximate surface area is 138 Å². The first-order valence-electron chi connectivity index (χ1n) is 7.46. The molecule has 1 heterocycles. The molecule has 0 saturated carbocycles. The molecule has 24 heavy (non-hydrogen) atoms. The van der Waals surface area contributed by atoms with E-state index in [1.807, 2.05) is 19.1 Å². The van der Waals surface area contributed by atoms with Crippen molar-refractivity contribution in [1.82, 2.24) is 9.13 Å². The minimum atomic E-state index is -0.605. The van der Waals surface area contributed by atoms with Gasteiger partial charge in [-0.1, -0.05) is 17.7 Å². The van der Waals surface area contributed by atoms with Crippen LogP contribution in [0, 0.1) is 6.92 Å². The highest BCUT2D eigenvalue weighted by Crippen LogP contribution is 2.17. The molecule has 1 N–H and O–H groups in total. The highest BCUT2D eigenvalue weighted by molar-refractivity contribution is 6.05. The van der Waals surface area contributed by atoms with E-state index < -0.39 is 11.1 Å². The van der Waals surface area contributed by atoms with Crippen LogP contribution in [0.4, 0.5) is 5.69 Å². The van der Waals surface area contributed by atoms with Crippen LogP contribution in [0.1, 0.15) is 15.9 Å². The Balaban J connectivity index is 2.02. The predicted molar refractivity (Wildman–Crippen MR) is 93.6 cm³/mol. The number of hydrogen-bond acceptors (Lipinski definition) is 3. The Morgan fingerprint density at radius 2 is 1.46 bits per heavy atom. The van der Waals surface area contributed by atoms with Gasteiger partial charge in [-0.3, -0.25) is 14.4 Å². The van der Waals surface area contributed by atoms with E-state index in [0.717, 1.165) is 5.56 Å². The smallest absolute Gasteiger partial charge is 0.316 e. The van der Waals surface area contributed by atoms with E-state index in [9.17, 15) is 14.4 Å². The van der Waals surface area contributed by atoms with Crippen LogP contribution >= 0.6 is 0 Å². The Hall–Kier alpha value is -3.15. The first kappa shape index (κ1) is 15.7. The average molecular weight is 323 g/mol. The van der Waals surface area contributed by atoms with Gasteiger partial charge < -0.3 is 14.5 Å². The van der Waals surface area contributed by atoms with Crippen LogP contribution in [-0.2, 0) is 14.1 Å². The molecule has 0 fully saturated rings. The Morgan fingerprint density at radius 1 is 0.875 bits per heavy atom. The van der Waals surface area contributed by atoms with Gasteiger partial charge in [0.05, 0.1) is 11.0 Å². The molecule has 0 atom stereocenters. The highest BCUT2D eigenvalue weighted by atomic mass is 16.2. The highest BCUT2D eigenvalue weighted by Gasteiger charge is 2.11. The van der Waals surface area contributed by atoms with Gasteiger partial charge in [0.15, 0.2) is 0 Å². The number of rotatable bonds is 2. The second-order valence-corrected chi connectivity index (χ2v) is 5.75. The van der Waals surface area contributed by atoms with E-state index in [1.165, 1.54) is 16.2 Å². The molecule has 3 rings (SSSR count). The molecule has 6 nitrogen and oxygen atoms in total. The normalized spacial score (nSPS) is 10.8. The van der Waals surface area contributed by atoms with Gasteiger partial charge in [0.2, 0.25) is 0 Å². The third-order valence-electron chi connectivity index (χ3n) is 4.06. The van der Waals surface area contributed by atoms with Gasteiger partial charge in [-0.2, -0.15) is 0 Å². The van der Waals surface area contributed by atoms with Crippen LogP contribution in [0.3, 0.4) is 0 Å². The molecule has 2 aromatic carbocycles. The number of benzene rings is 2. The fraction of sp³-hybridized carbons (Fsp3) is 0.167. The number of carbonyl (C=O) groups is 1. The average Bonchev–Trinajstić information content (AvgIpc) is 2.58. The Kier molecular flexibility index (Phi) is 3.81. The summed E-state index contributed by atoms with van der Waals surface area (Å²) in [5, 5.41) is 2.81. The minimum Gasteiger partial charge on any atom is -0.322 e. The fourth-order valence-corrected chi connectivity index (χ4v) is 2.57. The molecule has 0 bridgehead atoms. The lowest BCUT2D eigenvalue weighted by molar-refractivity contribution is 0.102. The van der Waals surface area contributed by atoms with Crippen LogP contribution in [-0.4, -0.2) is 15.0 Å². The third kappa shape index (κ3) is 2.62. The summed E-state index contributed by atoms with van der Waals surface area (Å²) in [4.78, 5) is 36.1. The van der Waals surface area contributed by atoms with Crippen LogP contribution in [0.5, 0.6) is 0 Å².